The van der Waals surface area contributed by atoms with Crippen LogP contribution < -0.4 is 16.0 Å². The molecule has 0 bridgehead atoms. The maximum Gasteiger partial charge on any atom is 0.410 e. The summed E-state index contributed by atoms with van der Waals surface area (Å²) in [6, 6.07) is 10.2. The average Bonchev–Trinajstić information content (AvgIpc) is 3.76. The number of amides is 5. The van der Waals surface area contributed by atoms with Crippen LogP contribution in [0.3, 0.4) is 0 Å². The fraction of sp³-hybridized carbons (Fsp3) is 0.512. The standard InChI is InChI=1S/C41H54N6O8/c1-24(45(8)39(53)55-41(5,6)7)34(48)44-33(40(2,3)4)36(50)47-23-28(22-32(47)35(49)43-30-16-12-14-25-13-10-11-15-29(25)30)42-38(52)46-20-19-26-21-27(37(51)54-9)17-18-31(26)46/h10-11,13,15,17-21,24,28,30,32-33H,12,14,16,22-23H2,1-9H3,(H,42,52)(H,43,49)(H,44,48). The van der Waals surface area contributed by atoms with Crippen LogP contribution in [0.1, 0.15) is 95.3 Å². The Balaban J connectivity index is 1.40. The van der Waals surface area contributed by atoms with E-state index in [1.807, 2.05) is 39.0 Å². The van der Waals surface area contributed by atoms with E-state index >= 15 is 0 Å². The minimum absolute atomic E-state index is 0.00538. The number of esters is 1. The van der Waals surface area contributed by atoms with Crippen molar-refractivity contribution in [2.45, 2.75) is 110 Å². The van der Waals surface area contributed by atoms with Gasteiger partial charge in [-0.3, -0.25) is 23.9 Å². The van der Waals surface area contributed by atoms with Gasteiger partial charge in [0.05, 0.1) is 30.3 Å². The zero-order valence-electron chi connectivity index (χ0n) is 33.2. The molecule has 1 aliphatic heterocycles. The number of likely N-dealkylation sites (tertiary alicyclic amines) is 1. The molecular formula is C41H54N6O8. The predicted octanol–water partition coefficient (Wildman–Crippen LogP) is 4.94. The molecule has 5 amide bonds. The molecular weight excluding hydrogens is 704 g/mol. The highest BCUT2D eigenvalue weighted by Gasteiger charge is 2.46. The van der Waals surface area contributed by atoms with Crippen LogP contribution in [0.2, 0.25) is 0 Å². The Kier molecular flexibility index (Phi) is 12.0. The summed E-state index contributed by atoms with van der Waals surface area (Å²) in [7, 11) is 2.75. The van der Waals surface area contributed by atoms with Crippen molar-refractivity contribution in [1.82, 2.24) is 30.3 Å². The lowest BCUT2D eigenvalue weighted by Gasteiger charge is -2.37. The second kappa shape index (κ2) is 16.1. The molecule has 3 N–H and O–H groups in total. The molecule has 0 radical (unpaired) electrons. The summed E-state index contributed by atoms with van der Waals surface area (Å²) in [4.78, 5) is 83.8. The molecule has 3 aromatic rings. The van der Waals surface area contributed by atoms with Crippen LogP contribution in [-0.2, 0) is 30.3 Å². The van der Waals surface area contributed by atoms with Crippen molar-refractivity contribution in [2.24, 2.45) is 5.41 Å². The Bertz CT molecular complexity index is 1960. The van der Waals surface area contributed by atoms with Crippen molar-refractivity contribution in [2.75, 3.05) is 20.7 Å². The molecule has 0 saturated carbocycles. The number of likely N-dealkylation sites (N-methyl/N-ethyl adjacent to an activating group) is 1. The number of fused-ring (bicyclic) bond motifs is 2. The lowest BCUT2D eigenvalue weighted by molar-refractivity contribution is -0.144. The minimum Gasteiger partial charge on any atom is -0.465 e. The van der Waals surface area contributed by atoms with Gasteiger partial charge in [0.25, 0.3) is 0 Å². The summed E-state index contributed by atoms with van der Waals surface area (Å²) in [6.45, 7) is 12.2. The van der Waals surface area contributed by atoms with Gasteiger partial charge in [0.1, 0.15) is 23.7 Å². The average molecular weight is 759 g/mol. The summed E-state index contributed by atoms with van der Waals surface area (Å²) in [5.74, 6) is -1.91. The van der Waals surface area contributed by atoms with Gasteiger partial charge in [-0.15, -0.1) is 0 Å². The molecule has 2 aromatic carbocycles. The molecule has 2 heterocycles. The Morgan fingerprint density at radius 2 is 1.65 bits per heavy atom. The maximum atomic E-state index is 14.7. The van der Waals surface area contributed by atoms with Crippen LogP contribution in [0.15, 0.2) is 54.7 Å². The molecule has 5 unspecified atom stereocenters. The maximum absolute atomic E-state index is 14.7. The molecule has 5 rings (SSSR count). The predicted molar refractivity (Wildman–Crippen MR) is 206 cm³/mol. The lowest BCUT2D eigenvalue weighted by Crippen LogP contribution is -2.60. The Labute approximate surface area is 322 Å². The number of hydrogen-bond acceptors (Lipinski definition) is 8. The quantitative estimate of drug-likeness (QED) is 0.272. The molecule has 2 aliphatic rings. The topological polar surface area (TPSA) is 168 Å². The number of nitrogens with one attached hydrogen (secondary N) is 3. The summed E-state index contributed by atoms with van der Waals surface area (Å²) >= 11 is 0. The summed E-state index contributed by atoms with van der Waals surface area (Å²) in [5, 5.41) is 9.72. The molecule has 14 heteroatoms. The number of methoxy groups -OCH3 is 1. The van der Waals surface area contributed by atoms with E-state index in [0.717, 1.165) is 24.8 Å². The molecule has 1 aromatic heterocycles. The van der Waals surface area contributed by atoms with E-state index in [0.29, 0.717) is 16.5 Å². The highest BCUT2D eigenvalue weighted by atomic mass is 16.6. The number of aryl methyl sites for hydroxylation is 1. The van der Waals surface area contributed by atoms with Crippen molar-refractivity contribution >= 4 is 46.7 Å². The third-order valence-corrected chi connectivity index (χ3v) is 10.3. The van der Waals surface area contributed by atoms with E-state index in [1.54, 1.807) is 58.2 Å². The SMILES string of the molecule is COC(=O)c1ccc2c(ccn2C(=O)NC2CC(C(=O)NC3CCCc4ccccc43)N(C(=O)C(NC(=O)C(C)N(C)C(=O)OC(C)(C)C)C(C)(C)C)C2)c1. The number of carbonyl (C=O) groups is 6. The van der Waals surface area contributed by atoms with Crippen molar-refractivity contribution in [3.05, 3.63) is 71.4 Å². The number of ether oxygens (including phenoxy) is 2. The van der Waals surface area contributed by atoms with Gasteiger partial charge in [0.15, 0.2) is 0 Å². The van der Waals surface area contributed by atoms with Gasteiger partial charge in [-0.1, -0.05) is 45.0 Å². The number of nitrogens with zero attached hydrogens (tertiary/aromatic N) is 3. The van der Waals surface area contributed by atoms with Crippen molar-refractivity contribution in [1.29, 1.82) is 0 Å². The van der Waals surface area contributed by atoms with Gasteiger partial charge in [0, 0.05) is 25.2 Å². The van der Waals surface area contributed by atoms with Gasteiger partial charge < -0.3 is 30.3 Å². The molecule has 296 valence electrons. The van der Waals surface area contributed by atoms with E-state index in [2.05, 4.69) is 22.0 Å². The first-order valence-electron chi connectivity index (χ1n) is 18.7. The first-order chi connectivity index (χ1) is 25.8. The first-order valence-corrected chi connectivity index (χ1v) is 18.7. The van der Waals surface area contributed by atoms with Gasteiger partial charge >= 0.3 is 18.1 Å². The molecule has 14 nitrogen and oxygen atoms in total. The van der Waals surface area contributed by atoms with Gasteiger partial charge in [-0.2, -0.15) is 0 Å². The van der Waals surface area contributed by atoms with E-state index in [4.69, 9.17) is 9.47 Å². The number of carbonyl (C=O) groups excluding carboxylic acids is 6. The fourth-order valence-corrected chi connectivity index (χ4v) is 7.16. The second-order valence-corrected chi connectivity index (χ2v) is 16.6. The van der Waals surface area contributed by atoms with Crippen LogP contribution in [-0.4, -0.2) is 101 Å². The minimum atomic E-state index is -1.09. The van der Waals surface area contributed by atoms with Gasteiger partial charge in [-0.25, -0.2) is 14.4 Å². The summed E-state index contributed by atoms with van der Waals surface area (Å²) < 4.78 is 11.7. The van der Waals surface area contributed by atoms with Crippen LogP contribution in [0.4, 0.5) is 9.59 Å². The highest BCUT2D eigenvalue weighted by Crippen LogP contribution is 2.32. The molecule has 1 fully saturated rings. The third-order valence-electron chi connectivity index (χ3n) is 10.3. The smallest absolute Gasteiger partial charge is 0.410 e. The number of rotatable bonds is 8. The zero-order valence-corrected chi connectivity index (χ0v) is 33.2. The molecule has 5 atom stereocenters. The molecule has 0 spiro atoms. The largest absolute Gasteiger partial charge is 0.465 e. The van der Waals surface area contributed by atoms with Crippen molar-refractivity contribution in [3.63, 3.8) is 0 Å². The van der Waals surface area contributed by atoms with Crippen molar-refractivity contribution < 1.29 is 38.2 Å². The van der Waals surface area contributed by atoms with E-state index in [9.17, 15) is 28.8 Å². The van der Waals surface area contributed by atoms with Gasteiger partial charge in [-0.05, 0) is 94.2 Å². The van der Waals surface area contributed by atoms with Crippen LogP contribution in [0.25, 0.3) is 10.9 Å². The van der Waals surface area contributed by atoms with Crippen LogP contribution in [0, 0.1) is 5.41 Å². The zero-order chi connectivity index (χ0) is 40.4. The monoisotopic (exact) mass is 758 g/mol. The molecule has 1 aliphatic carbocycles. The Morgan fingerprint density at radius 3 is 2.33 bits per heavy atom. The fourth-order valence-electron chi connectivity index (χ4n) is 7.16. The van der Waals surface area contributed by atoms with Crippen LogP contribution in [0.5, 0.6) is 0 Å². The third kappa shape index (κ3) is 9.29. The molecule has 1 saturated heterocycles. The normalized spacial score (nSPS) is 19.4. The summed E-state index contributed by atoms with van der Waals surface area (Å²) in [5.41, 5.74) is 1.53. The number of hydrogen-bond donors (Lipinski definition) is 3. The van der Waals surface area contributed by atoms with E-state index < -0.39 is 65.1 Å². The Hall–Kier alpha value is -5.40. The van der Waals surface area contributed by atoms with Crippen LogP contribution >= 0.6 is 0 Å². The van der Waals surface area contributed by atoms with E-state index in [1.165, 1.54) is 34.1 Å². The second-order valence-electron chi connectivity index (χ2n) is 16.6. The first kappa shape index (κ1) is 40.8. The lowest BCUT2D eigenvalue weighted by atomic mass is 9.85. The molecule has 55 heavy (non-hydrogen) atoms. The Morgan fingerprint density at radius 1 is 0.945 bits per heavy atom. The van der Waals surface area contributed by atoms with E-state index in [-0.39, 0.29) is 24.9 Å². The van der Waals surface area contributed by atoms with Crippen molar-refractivity contribution in [3.8, 4) is 0 Å². The number of benzene rings is 2. The summed E-state index contributed by atoms with van der Waals surface area (Å²) in [6.07, 6.45) is 3.58. The highest BCUT2D eigenvalue weighted by molar-refractivity contribution is 5.98. The van der Waals surface area contributed by atoms with Gasteiger partial charge in [0.2, 0.25) is 17.7 Å². The number of aromatic nitrogens is 1.